The SMILES string of the molecule is Clc1ccc(/C=N/N=C/c2ccco2)c(Cl)c1. The molecule has 0 bridgehead atoms. The van der Waals surface area contributed by atoms with E-state index in [1.54, 1.807) is 42.8 Å². The molecule has 0 atom stereocenters. The molecular weight excluding hydrogens is 259 g/mol. The predicted octanol–water partition coefficient (Wildman–Crippen LogP) is 4.04. The number of furan rings is 1. The highest BCUT2D eigenvalue weighted by molar-refractivity contribution is 6.36. The van der Waals surface area contributed by atoms with Gasteiger partial charge in [0.2, 0.25) is 0 Å². The molecule has 17 heavy (non-hydrogen) atoms. The van der Waals surface area contributed by atoms with E-state index in [2.05, 4.69) is 10.2 Å². The second kappa shape index (κ2) is 5.66. The zero-order valence-corrected chi connectivity index (χ0v) is 10.2. The van der Waals surface area contributed by atoms with Gasteiger partial charge in [0.25, 0.3) is 0 Å². The van der Waals surface area contributed by atoms with E-state index in [1.807, 2.05) is 0 Å². The standard InChI is InChI=1S/C12H8Cl2N2O/c13-10-4-3-9(12(14)6-10)7-15-16-8-11-2-1-5-17-11/h1-8H/b15-7+,16-8+. The van der Waals surface area contributed by atoms with Crippen LogP contribution in [0.3, 0.4) is 0 Å². The molecule has 0 N–H and O–H groups in total. The van der Waals surface area contributed by atoms with Crippen molar-refractivity contribution in [3.05, 3.63) is 58.0 Å². The molecule has 2 rings (SSSR count). The van der Waals surface area contributed by atoms with E-state index >= 15 is 0 Å². The minimum atomic E-state index is 0.537. The first-order valence-electron chi connectivity index (χ1n) is 4.80. The van der Waals surface area contributed by atoms with Gasteiger partial charge in [-0.25, -0.2) is 0 Å². The lowest BCUT2D eigenvalue weighted by Crippen LogP contribution is -1.82. The Bertz CT molecular complexity index is 548. The maximum Gasteiger partial charge on any atom is 0.146 e. The lowest BCUT2D eigenvalue weighted by Gasteiger charge is -1.96. The first-order valence-corrected chi connectivity index (χ1v) is 5.56. The Morgan fingerprint density at radius 3 is 2.59 bits per heavy atom. The molecule has 0 radical (unpaired) electrons. The average Bonchev–Trinajstić information content (AvgIpc) is 2.79. The highest BCUT2D eigenvalue weighted by Gasteiger charge is 1.97. The minimum Gasteiger partial charge on any atom is -0.463 e. The summed E-state index contributed by atoms with van der Waals surface area (Å²) in [5, 5.41) is 8.82. The van der Waals surface area contributed by atoms with Crippen LogP contribution in [0.2, 0.25) is 10.0 Å². The largest absolute Gasteiger partial charge is 0.463 e. The van der Waals surface area contributed by atoms with Crippen LogP contribution in [0, 0.1) is 0 Å². The molecule has 0 aliphatic rings. The van der Waals surface area contributed by atoms with Gasteiger partial charge in [-0.3, -0.25) is 0 Å². The Morgan fingerprint density at radius 2 is 1.88 bits per heavy atom. The van der Waals surface area contributed by atoms with Crippen molar-refractivity contribution in [3.63, 3.8) is 0 Å². The third kappa shape index (κ3) is 3.44. The van der Waals surface area contributed by atoms with Crippen molar-refractivity contribution >= 4 is 35.6 Å². The van der Waals surface area contributed by atoms with Crippen molar-refractivity contribution in [1.82, 2.24) is 0 Å². The summed E-state index contributed by atoms with van der Waals surface area (Å²) in [6, 6.07) is 8.73. The summed E-state index contributed by atoms with van der Waals surface area (Å²) in [5.74, 6) is 0.643. The van der Waals surface area contributed by atoms with E-state index < -0.39 is 0 Å². The van der Waals surface area contributed by atoms with Crippen molar-refractivity contribution in [2.45, 2.75) is 0 Å². The van der Waals surface area contributed by atoms with Crippen LogP contribution in [0.1, 0.15) is 11.3 Å². The number of nitrogens with zero attached hydrogens (tertiary/aromatic N) is 2. The number of benzene rings is 1. The van der Waals surface area contributed by atoms with Crippen molar-refractivity contribution < 1.29 is 4.42 Å². The molecule has 0 aliphatic heterocycles. The molecule has 3 nitrogen and oxygen atoms in total. The normalized spacial score (nSPS) is 11.6. The summed E-state index contributed by atoms with van der Waals surface area (Å²) in [4.78, 5) is 0. The van der Waals surface area contributed by atoms with Gasteiger partial charge in [0.1, 0.15) is 5.76 Å². The van der Waals surface area contributed by atoms with E-state index in [1.165, 1.54) is 6.21 Å². The minimum absolute atomic E-state index is 0.537. The molecule has 0 aliphatic carbocycles. The third-order valence-corrected chi connectivity index (χ3v) is 2.52. The lowest BCUT2D eigenvalue weighted by atomic mass is 10.2. The van der Waals surface area contributed by atoms with Gasteiger partial charge in [-0.1, -0.05) is 29.3 Å². The van der Waals surface area contributed by atoms with Crippen LogP contribution in [0.15, 0.2) is 51.2 Å². The Balaban J connectivity index is 2.05. The van der Waals surface area contributed by atoms with E-state index in [9.17, 15) is 0 Å². The van der Waals surface area contributed by atoms with Crippen LogP contribution in [-0.2, 0) is 0 Å². The fourth-order valence-electron chi connectivity index (χ4n) is 1.16. The Labute approximate surface area is 108 Å². The van der Waals surface area contributed by atoms with Crippen molar-refractivity contribution in [1.29, 1.82) is 0 Å². The second-order valence-corrected chi connectivity index (χ2v) is 4.01. The maximum atomic E-state index is 5.96. The summed E-state index contributed by atoms with van der Waals surface area (Å²) in [5.41, 5.74) is 0.757. The van der Waals surface area contributed by atoms with Gasteiger partial charge < -0.3 is 4.42 Å². The summed E-state index contributed by atoms with van der Waals surface area (Å²) < 4.78 is 5.06. The van der Waals surface area contributed by atoms with Crippen LogP contribution in [0.4, 0.5) is 0 Å². The molecule has 0 unspecified atom stereocenters. The molecule has 2 aromatic rings. The highest BCUT2D eigenvalue weighted by Crippen LogP contribution is 2.19. The molecule has 1 heterocycles. The fraction of sp³-hybridized carbons (Fsp3) is 0. The van der Waals surface area contributed by atoms with Crippen LogP contribution in [-0.4, -0.2) is 12.4 Å². The van der Waals surface area contributed by atoms with Gasteiger partial charge in [0, 0.05) is 10.6 Å². The second-order valence-electron chi connectivity index (χ2n) is 3.17. The lowest BCUT2D eigenvalue weighted by molar-refractivity contribution is 0.560. The number of hydrogen-bond acceptors (Lipinski definition) is 3. The van der Waals surface area contributed by atoms with Gasteiger partial charge >= 0.3 is 0 Å². The number of rotatable bonds is 3. The van der Waals surface area contributed by atoms with Crippen molar-refractivity contribution in [2.24, 2.45) is 10.2 Å². The first-order chi connectivity index (χ1) is 8.25. The monoisotopic (exact) mass is 266 g/mol. The fourth-order valence-corrected chi connectivity index (χ4v) is 1.61. The molecule has 0 spiro atoms. The zero-order valence-electron chi connectivity index (χ0n) is 8.68. The Hall–Kier alpha value is -1.58. The van der Waals surface area contributed by atoms with Gasteiger partial charge in [-0.15, -0.1) is 0 Å². The molecule has 0 fully saturated rings. The van der Waals surface area contributed by atoms with Crippen molar-refractivity contribution in [2.75, 3.05) is 0 Å². The quantitative estimate of drug-likeness (QED) is 0.610. The van der Waals surface area contributed by atoms with Gasteiger partial charge in [-0.2, -0.15) is 10.2 Å². The average molecular weight is 267 g/mol. The molecule has 5 heteroatoms. The van der Waals surface area contributed by atoms with E-state index in [0.29, 0.717) is 15.8 Å². The van der Waals surface area contributed by atoms with Crippen LogP contribution < -0.4 is 0 Å². The molecule has 0 saturated heterocycles. The molecule has 1 aromatic heterocycles. The smallest absolute Gasteiger partial charge is 0.146 e. The Kier molecular flexibility index (Phi) is 3.96. The van der Waals surface area contributed by atoms with Gasteiger partial charge in [-0.05, 0) is 24.3 Å². The van der Waals surface area contributed by atoms with Gasteiger partial charge in [0.05, 0.1) is 23.7 Å². The molecule has 86 valence electrons. The summed E-state index contributed by atoms with van der Waals surface area (Å²) in [6.45, 7) is 0. The van der Waals surface area contributed by atoms with Crippen molar-refractivity contribution in [3.8, 4) is 0 Å². The predicted molar refractivity (Wildman–Crippen MR) is 70.4 cm³/mol. The van der Waals surface area contributed by atoms with E-state index in [0.717, 1.165) is 5.56 Å². The molecule has 1 aromatic carbocycles. The summed E-state index contributed by atoms with van der Waals surface area (Å²) in [7, 11) is 0. The number of halogens is 2. The third-order valence-electron chi connectivity index (χ3n) is 1.95. The maximum absolute atomic E-state index is 5.96. The van der Waals surface area contributed by atoms with E-state index in [-0.39, 0.29) is 0 Å². The molecule has 0 amide bonds. The highest BCUT2D eigenvalue weighted by atomic mass is 35.5. The molecule has 0 saturated carbocycles. The number of hydrogen-bond donors (Lipinski definition) is 0. The van der Waals surface area contributed by atoms with Gasteiger partial charge in [0.15, 0.2) is 0 Å². The van der Waals surface area contributed by atoms with E-state index in [4.69, 9.17) is 27.6 Å². The topological polar surface area (TPSA) is 37.9 Å². The van der Waals surface area contributed by atoms with Crippen LogP contribution in [0.25, 0.3) is 0 Å². The van der Waals surface area contributed by atoms with Crippen LogP contribution >= 0.6 is 23.2 Å². The summed E-state index contributed by atoms with van der Waals surface area (Å²) >= 11 is 11.7. The van der Waals surface area contributed by atoms with Crippen LogP contribution in [0.5, 0.6) is 0 Å². The first kappa shape index (κ1) is 11.9. The summed E-state index contributed by atoms with van der Waals surface area (Å²) in [6.07, 6.45) is 4.64. The Morgan fingerprint density at radius 1 is 1.06 bits per heavy atom. The molecular formula is C12H8Cl2N2O. The zero-order chi connectivity index (χ0) is 12.1.